The van der Waals surface area contributed by atoms with Gasteiger partial charge in [0.15, 0.2) is 0 Å². The second kappa shape index (κ2) is 11.1. The Morgan fingerprint density at radius 2 is 1.85 bits per heavy atom. The predicted octanol–water partition coefficient (Wildman–Crippen LogP) is 3.35. The molecular formula is C26H31N3O4S. The Labute approximate surface area is 201 Å². The van der Waals surface area contributed by atoms with Gasteiger partial charge in [0.25, 0.3) is 0 Å². The van der Waals surface area contributed by atoms with Crippen LogP contribution in [0.3, 0.4) is 0 Å². The summed E-state index contributed by atoms with van der Waals surface area (Å²) in [7, 11) is -2.39. The molecule has 8 heteroatoms. The summed E-state index contributed by atoms with van der Waals surface area (Å²) in [6.45, 7) is 1.41. The van der Waals surface area contributed by atoms with E-state index in [9.17, 15) is 13.2 Å². The van der Waals surface area contributed by atoms with Crippen molar-refractivity contribution in [2.45, 2.75) is 24.2 Å². The van der Waals surface area contributed by atoms with Crippen molar-refractivity contribution in [1.29, 1.82) is 0 Å². The number of hydrogen-bond donors (Lipinski definition) is 0. The van der Waals surface area contributed by atoms with Crippen molar-refractivity contribution < 1.29 is 17.9 Å². The molecule has 0 bridgehead atoms. The lowest BCUT2D eigenvalue weighted by molar-refractivity contribution is -0.132. The third-order valence-corrected chi connectivity index (χ3v) is 8.35. The largest absolute Gasteiger partial charge is 0.383 e. The van der Waals surface area contributed by atoms with Crippen LogP contribution in [-0.2, 0) is 26.0 Å². The minimum Gasteiger partial charge on any atom is -0.383 e. The van der Waals surface area contributed by atoms with Crippen molar-refractivity contribution in [3.05, 3.63) is 72.6 Å². The van der Waals surface area contributed by atoms with Crippen LogP contribution in [0.15, 0.2) is 71.9 Å². The SMILES string of the molecule is COCCN(CC(=O)N1CCC(Cc2ccccc2)CC1)S(=O)(=O)c1cccc2cnccc12. The van der Waals surface area contributed by atoms with Crippen LogP contribution < -0.4 is 0 Å². The van der Waals surface area contributed by atoms with Gasteiger partial charge in [-0.25, -0.2) is 8.42 Å². The van der Waals surface area contributed by atoms with Crippen molar-refractivity contribution >= 4 is 26.7 Å². The fourth-order valence-corrected chi connectivity index (χ4v) is 6.11. The number of ether oxygens (including phenoxy) is 1. The molecule has 1 saturated heterocycles. The number of amides is 1. The Morgan fingerprint density at radius 1 is 1.09 bits per heavy atom. The number of sulfonamides is 1. The molecule has 2 aromatic carbocycles. The fourth-order valence-electron chi connectivity index (χ4n) is 4.52. The molecule has 1 fully saturated rings. The predicted molar refractivity (Wildman–Crippen MR) is 132 cm³/mol. The van der Waals surface area contributed by atoms with E-state index >= 15 is 0 Å². The molecule has 4 rings (SSSR count). The number of pyridine rings is 1. The molecule has 0 N–H and O–H groups in total. The number of methoxy groups -OCH3 is 1. The zero-order chi connectivity index (χ0) is 24.0. The zero-order valence-corrected chi connectivity index (χ0v) is 20.3. The van der Waals surface area contributed by atoms with Crippen LogP contribution >= 0.6 is 0 Å². The smallest absolute Gasteiger partial charge is 0.244 e. The van der Waals surface area contributed by atoms with E-state index < -0.39 is 10.0 Å². The first-order valence-electron chi connectivity index (χ1n) is 11.6. The van der Waals surface area contributed by atoms with Gasteiger partial charge < -0.3 is 9.64 Å². The highest BCUT2D eigenvalue weighted by molar-refractivity contribution is 7.89. The number of likely N-dealkylation sites (tertiary alicyclic amines) is 1. The zero-order valence-electron chi connectivity index (χ0n) is 19.5. The molecule has 0 radical (unpaired) electrons. The average Bonchev–Trinajstić information content (AvgIpc) is 2.87. The van der Waals surface area contributed by atoms with Crippen LogP contribution in [0.5, 0.6) is 0 Å². The van der Waals surface area contributed by atoms with Gasteiger partial charge >= 0.3 is 0 Å². The molecule has 0 unspecified atom stereocenters. The van der Waals surface area contributed by atoms with Crippen LogP contribution in [0.2, 0.25) is 0 Å². The lowest BCUT2D eigenvalue weighted by Crippen LogP contribution is -2.46. The van der Waals surface area contributed by atoms with E-state index in [-0.39, 0.29) is 30.5 Å². The minimum absolute atomic E-state index is 0.108. The second-order valence-corrected chi connectivity index (χ2v) is 10.6. The molecular weight excluding hydrogens is 450 g/mol. The Balaban J connectivity index is 1.45. The maximum absolute atomic E-state index is 13.6. The Kier molecular flexibility index (Phi) is 7.92. The number of hydrogen-bond acceptors (Lipinski definition) is 5. The summed E-state index contributed by atoms with van der Waals surface area (Å²) < 4.78 is 33.6. The van der Waals surface area contributed by atoms with Gasteiger partial charge in [0, 0.05) is 49.9 Å². The number of carbonyl (C=O) groups excluding carboxylic acids is 1. The van der Waals surface area contributed by atoms with E-state index in [1.54, 1.807) is 35.5 Å². The van der Waals surface area contributed by atoms with Crippen LogP contribution in [0, 0.1) is 5.92 Å². The fraction of sp³-hybridized carbons (Fsp3) is 0.385. The highest BCUT2D eigenvalue weighted by atomic mass is 32.2. The second-order valence-electron chi connectivity index (χ2n) is 8.70. The molecule has 0 atom stereocenters. The van der Waals surface area contributed by atoms with Gasteiger partial charge in [-0.3, -0.25) is 9.78 Å². The summed E-state index contributed by atoms with van der Waals surface area (Å²) in [5.74, 6) is 0.365. The molecule has 1 aromatic heterocycles. The van der Waals surface area contributed by atoms with E-state index in [1.807, 2.05) is 12.1 Å². The van der Waals surface area contributed by atoms with Gasteiger partial charge in [0.1, 0.15) is 0 Å². The van der Waals surface area contributed by atoms with E-state index in [0.717, 1.165) is 24.6 Å². The number of fused-ring (bicyclic) bond motifs is 1. The van der Waals surface area contributed by atoms with E-state index in [1.165, 1.54) is 17.0 Å². The van der Waals surface area contributed by atoms with Gasteiger partial charge in [-0.2, -0.15) is 4.31 Å². The molecule has 180 valence electrons. The van der Waals surface area contributed by atoms with E-state index in [4.69, 9.17) is 4.74 Å². The summed E-state index contributed by atoms with van der Waals surface area (Å²) in [5.41, 5.74) is 1.31. The molecule has 3 aromatic rings. The van der Waals surface area contributed by atoms with E-state index in [2.05, 4.69) is 29.2 Å². The standard InChI is InChI=1S/C26H31N3O4S/c1-33-17-16-29(34(31,32)25-9-5-8-23-19-27-13-10-24(23)25)20-26(30)28-14-11-22(12-15-28)18-21-6-3-2-4-7-21/h2-10,13,19,22H,11-12,14-18,20H2,1H3. The van der Waals surface area contributed by atoms with Crippen molar-refractivity contribution in [3.63, 3.8) is 0 Å². The number of aromatic nitrogens is 1. The van der Waals surface area contributed by atoms with Gasteiger partial charge in [0.2, 0.25) is 15.9 Å². The summed E-state index contributed by atoms with van der Waals surface area (Å²) in [6.07, 6.45) is 6.06. The molecule has 1 amide bonds. The third-order valence-electron chi connectivity index (χ3n) is 6.45. The third kappa shape index (κ3) is 5.63. The van der Waals surface area contributed by atoms with Crippen LogP contribution in [0.4, 0.5) is 0 Å². The van der Waals surface area contributed by atoms with Crippen LogP contribution in [0.1, 0.15) is 18.4 Å². The number of benzene rings is 2. The van der Waals surface area contributed by atoms with Crippen molar-refractivity contribution in [3.8, 4) is 0 Å². The molecule has 34 heavy (non-hydrogen) atoms. The van der Waals surface area contributed by atoms with Crippen LogP contribution in [0.25, 0.3) is 10.8 Å². The summed E-state index contributed by atoms with van der Waals surface area (Å²) in [4.78, 5) is 19.2. The minimum atomic E-state index is -3.91. The first-order valence-corrected chi connectivity index (χ1v) is 13.1. The molecule has 0 aliphatic carbocycles. The summed E-state index contributed by atoms with van der Waals surface area (Å²) in [5, 5.41) is 1.33. The monoisotopic (exact) mass is 481 g/mol. The molecule has 7 nitrogen and oxygen atoms in total. The van der Waals surface area contributed by atoms with Gasteiger partial charge in [-0.05, 0) is 42.9 Å². The summed E-state index contributed by atoms with van der Waals surface area (Å²) in [6, 6.07) is 17.2. The number of nitrogens with zero attached hydrogens (tertiary/aromatic N) is 3. The quantitative estimate of drug-likeness (QED) is 0.468. The topological polar surface area (TPSA) is 79.8 Å². The molecule has 0 saturated carbocycles. The molecule has 0 spiro atoms. The van der Waals surface area contributed by atoms with Gasteiger partial charge in [-0.15, -0.1) is 0 Å². The van der Waals surface area contributed by atoms with Gasteiger partial charge in [-0.1, -0.05) is 42.5 Å². The number of carbonyl (C=O) groups is 1. The highest BCUT2D eigenvalue weighted by Crippen LogP contribution is 2.26. The maximum Gasteiger partial charge on any atom is 0.244 e. The Hall–Kier alpha value is -2.81. The maximum atomic E-state index is 13.6. The van der Waals surface area contributed by atoms with Gasteiger partial charge in [0.05, 0.1) is 18.0 Å². The highest BCUT2D eigenvalue weighted by Gasteiger charge is 2.31. The first kappa shape index (κ1) is 24.3. The lowest BCUT2D eigenvalue weighted by atomic mass is 9.90. The van der Waals surface area contributed by atoms with Crippen LogP contribution in [-0.4, -0.2) is 68.4 Å². The normalized spacial score (nSPS) is 15.2. The molecule has 1 aliphatic rings. The number of piperidine rings is 1. The lowest BCUT2D eigenvalue weighted by Gasteiger charge is -2.33. The summed E-state index contributed by atoms with van der Waals surface area (Å²) >= 11 is 0. The van der Waals surface area contributed by atoms with Crippen molar-refractivity contribution in [2.24, 2.45) is 5.92 Å². The molecule has 1 aliphatic heterocycles. The van der Waals surface area contributed by atoms with E-state index in [0.29, 0.717) is 24.4 Å². The average molecular weight is 482 g/mol. The van der Waals surface area contributed by atoms with Crippen molar-refractivity contribution in [2.75, 3.05) is 39.9 Å². The van der Waals surface area contributed by atoms with Crippen molar-refractivity contribution in [1.82, 2.24) is 14.2 Å². The Bertz CT molecular complexity index is 1200. The number of rotatable bonds is 9. The molecule has 2 heterocycles. The first-order chi connectivity index (χ1) is 16.5. The Morgan fingerprint density at radius 3 is 2.59 bits per heavy atom.